The predicted octanol–water partition coefficient (Wildman–Crippen LogP) is 4.76. The molecule has 1 heterocycles. The molecule has 0 atom stereocenters. The Balaban J connectivity index is 0.000000561. The van der Waals surface area contributed by atoms with Gasteiger partial charge in [-0.3, -0.25) is 4.79 Å². The molecule has 122 valence electrons. The summed E-state index contributed by atoms with van der Waals surface area (Å²) in [4.78, 5) is 12.1. The van der Waals surface area contributed by atoms with E-state index < -0.39 is 5.75 Å². The average molecular weight is 326 g/mol. The van der Waals surface area contributed by atoms with E-state index in [-0.39, 0.29) is 21.6 Å². The standard InChI is InChI=1S/C13H12ClNO3.2C2H6/c1-6-5-15(7-2-3-7)8-4-9(16)13(18)11(14)10(8)12(6)17;2*1-2/h4-5,7,16,18H,2-3H2,1H3;2*1-2H3. The number of phenols is 2. The summed E-state index contributed by atoms with van der Waals surface area (Å²) in [6, 6.07) is 1.75. The van der Waals surface area contributed by atoms with Crippen molar-refractivity contribution in [3.05, 3.63) is 33.1 Å². The topological polar surface area (TPSA) is 62.5 Å². The molecule has 5 heteroatoms. The molecule has 2 aromatic rings. The summed E-state index contributed by atoms with van der Waals surface area (Å²) in [5.41, 5.74) is 0.956. The van der Waals surface area contributed by atoms with Crippen LogP contribution in [0.25, 0.3) is 10.9 Å². The van der Waals surface area contributed by atoms with Gasteiger partial charge in [-0.2, -0.15) is 0 Å². The highest BCUT2D eigenvalue weighted by Gasteiger charge is 2.26. The first-order chi connectivity index (χ1) is 10.5. The molecule has 0 unspecified atom stereocenters. The molecule has 1 aromatic heterocycles. The van der Waals surface area contributed by atoms with E-state index in [0.717, 1.165) is 12.8 Å². The van der Waals surface area contributed by atoms with Gasteiger partial charge in [0.25, 0.3) is 0 Å². The summed E-state index contributed by atoms with van der Waals surface area (Å²) in [6.07, 6.45) is 3.89. The number of rotatable bonds is 1. The van der Waals surface area contributed by atoms with E-state index >= 15 is 0 Å². The van der Waals surface area contributed by atoms with Gasteiger partial charge in [-0.1, -0.05) is 39.3 Å². The van der Waals surface area contributed by atoms with Crippen LogP contribution in [0.5, 0.6) is 11.5 Å². The fraction of sp³-hybridized carbons (Fsp3) is 0.471. The number of aromatic hydroxyl groups is 2. The van der Waals surface area contributed by atoms with Gasteiger partial charge < -0.3 is 14.8 Å². The van der Waals surface area contributed by atoms with Gasteiger partial charge in [0.1, 0.15) is 0 Å². The molecule has 1 fully saturated rings. The summed E-state index contributed by atoms with van der Waals surface area (Å²) in [6.45, 7) is 9.72. The SMILES string of the molecule is CC.CC.Cc1cn(C2CC2)c2cc(O)c(O)c(Cl)c2c1=O. The number of aromatic nitrogens is 1. The van der Waals surface area contributed by atoms with E-state index in [0.29, 0.717) is 17.1 Å². The molecule has 0 aliphatic heterocycles. The minimum absolute atomic E-state index is 0.0758. The first-order valence-electron chi connectivity index (χ1n) is 7.76. The largest absolute Gasteiger partial charge is 0.504 e. The monoisotopic (exact) mass is 325 g/mol. The van der Waals surface area contributed by atoms with E-state index in [1.807, 2.05) is 32.3 Å². The molecule has 4 nitrogen and oxygen atoms in total. The number of hydrogen-bond acceptors (Lipinski definition) is 3. The molecule has 0 radical (unpaired) electrons. The van der Waals surface area contributed by atoms with Crippen molar-refractivity contribution in [2.45, 2.75) is 53.5 Å². The molecule has 1 aliphatic rings. The molecule has 1 saturated carbocycles. The van der Waals surface area contributed by atoms with Crippen LogP contribution in [0.2, 0.25) is 5.02 Å². The fourth-order valence-electron chi connectivity index (χ4n) is 2.22. The lowest BCUT2D eigenvalue weighted by atomic mass is 10.1. The van der Waals surface area contributed by atoms with E-state index in [1.54, 1.807) is 13.1 Å². The molecule has 0 spiro atoms. The minimum Gasteiger partial charge on any atom is -0.504 e. The van der Waals surface area contributed by atoms with Crippen LogP contribution >= 0.6 is 11.6 Å². The van der Waals surface area contributed by atoms with Gasteiger partial charge >= 0.3 is 0 Å². The van der Waals surface area contributed by atoms with Crippen LogP contribution < -0.4 is 5.43 Å². The maximum Gasteiger partial charge on any atom is 0.193 e. The van der Waals surface area contributed by atoms with Crippen molar-refractivity contribution in [2.24, 2.45) is 0 Å². The van der Waals surface area contributed by atoms with Gasteiger partial charge in [0.15, 0.2) is 16.9 Å². The van der Waals surface area contributed by atoms with Crippen LogP contribution in [0.15, 0.2) is 17.1 Å². The Kier molecular flexibility index (Phi) is 6.30. The molecule has 0 bridgehead atoms. The fourth-order valence-corrected chi connectivity index (χ4v) is 2.50. The Hall–Kier alpha value is -1.68. The summed E-state index contributed by atoms with van der Waals surface area (Å²) in [5.74, 6) is -0.737. The van der Waals surface area contributed by atoms with Crippen LogP contribution in [-0.4, -0.2) is 14.8 Å². The number of aryl methyl sites for hydroxylation is 1. The normalized spacial score (nSPS) is 13.0. The van der Waals surface area contributed by atoms with Crippen molar-refractivity contribution in [3.8, 4) is 11.5 Å². The number of phenolic OH excluding ortho intramolecular Hbond substituents is 2. The molecule has 22 heavy (non-hydrogen) atoms. The van der Waals surface area contributed by atoms with Crippen molar-refractivity contribution in [2.75, 3.05) is 0 Å². The Morgan fingerprint density at radius 1 is 1.18 bits per heavy atom. The molecular weight excluding hydrogens is 302 g/mol. The number of hydrogen-bond donors (Lipinski definition) is 2. The summed E-state index contributed by atoms with van der Waals surface area (Å²) in [7, 11) is 0. The van der Waals surface area contributed by atoms with Crippen LogP contribution in [-0.2, 0) is 0 Å². The molecular formula is C17H24ClNO3. The minimum atomic E-state index is -0.436. The lowest BCUT2D eigenvalue weighted by Gasteiger charge is -2.13. The first kappa shape index (κ1) is 18.4. The van der Waals surface area contributed by atoms with Gasteiger partial charge in [0.05, 0.1) is 15.9 Å². The Morgan fingerprint density at radius 2 is 1.73 bits per heavy atom. The Labute approximate surface area is 136 Å². The van der Waals surface area contributed by atoms with E-state index in [1.165, 1.54) is 6.07 Å². The molecule has 3 rings (SSSR count). The molecule has 1 aromatic carbocycles. The second kappa shape index (κ2) is 7.54. The van der Waals surface area contributed by atoms with E-state index in [9.17, 15) is 15.0 Å². The lowest BCUT2D eigenvalue weighted by molar-refractivity contribution is 0.404. The summed E-state index contributed by atoms with van der Waals surface area (Å²) >= 11 is 5.98. The van der Waals surface area contributed by atoms with E-state index in [4.69, 9.17) is 11.6 Å². The smallest absolute Gasteiger partial charge is 0.193 e. The zero-order chi connectivity index (χ0) is 17.0. The second-order valence-corrected chi connectivity index (χ2v) is 5.11. The Morgan fingerprint density at radius 3 is 2.23 bits per heavy atom. The first-order valence-corrected chi connectivity index (χ1v) is 8.14. The van der Waals surface area contributed by atoms with Crippen molar-refractivity contribution in [1.82, 2.24) is 4.57 Å². The number of pyridine rings is 1. The number of nitrogens with zero attached hydrogens (tertiary/aromatic N) is 1. The molecule has 1 aliphatic carbocycles. The third-order valence-electron chi connectivity index (χ3n) is 3.34. The van der Waals surface area contributed by atoms with Gasteiger partial charge in [-0.05, 0) is 19.8 Å². The molecule has 2 N–H and O–H groups in total. The van der Waals surface area contributed by atoms with Gasteiger partial charge in [-0.25, -0.2) is 0 Å². The molecule has 0 saturated heterocycles. The maximum atomic E-state index is 12.1. The highest BCUT2D eigenvalue weighted by Crippen LogP contribution is 2.42. The number of halogens is 1. The number of fused-ring (bicyclic) bond motifs is 1. The van der Waals surface area contributed by atoms with Crippen LogP contribution in [0.4, 0.5) is 0 Å². The summed E-state index contributed by atoms with van der Waals surface area (Å²) < 4.78 is 1.96. The number of benzene rings is 1. The maximum absolute atomic E-state index is 12.1. The molecule has 0 amide bonds. The van der Waals surface area contributed by atoms with Crippen molar-refractivity contribution in [1.29, 1.82) is 0 Å². The Bertz CT molecular complexity index is 718. The zero-order valence-electron chi connectivity index (χ0n) is 13.8. The van der Waals surface area contributed by atoms with Crippen molar-refractivity contribution in [3.63, 3.8) is 0 Å². The van der Waals surface area contributed by atoms with Crippen molar-refractivity contribution >= 4 is 22.5 Å². The average Bonchev–Trinajstić information content (AvgIpc) is 3.37. The van der Waals surface area contributed by atoms with Crippen molar-refractivity contribution < 1.29 is 10.2 Å². The summed E-state index contributed by atoms with van der Waals surface area (Å²) in [5, 5.41) is 19.5. The van der Waals surface area contributed by atoms with Gasteiger partial charge in [0, 0.05) is 23.9 Å². The highest BCUT2D eigenvalue weighted by molar-refractivity contribution is 6.37. The zero-order valence-corrected chi connectivity index (χ0v) is 14.5. The highest BCUT2D eigenvalue weighted by atomic mass is 35.5. The third-order valence-corrected chi connectivity index (χ3v) is 3.70. The predicted molar refractivity (Wildman–Crippen MR) is 92.3 cm³/mol. The van der Waals surface area contributed by atoms with Gasteiger partial charge in [0.2, 0.25) is 0 Å². The van der Waals surface area contributed by atoms with Crippen LogP contribution in [0, 0.1) is 6.92 Å². The third kappa shape index (κ3) is 3.22. The van der Waals surface area contributed by atoms with E-state index in [2.05, 4.69) is 0 Å². The lowest BCUT2D eigenvalue weighted by Crippen LogP contribution is -2.12. The van der Waals surface area contributed by atoms with Gasteiger partial charge in [-0.15, -0.1) is 0 Å². The van der Waals surface area contributed by atoms with Crippen LogP contribution in [0.3, 0.4) is 0 Å². The van der Waals surface area contributed by atoms with Crippen LogP contribution in [0.1, 0.15) is 52.1 Å². The second-order valence-electron chi connectivity index (χ2n) is 4.73. The quantitative estimate of drug-likeness (QED) is 0.743.